The maximum atomic E-state index is 12.1. The predicted molar refractivity (Wildman–Crippen MR) is 109 cm³/mol. The molecule has 1 aromatic carbocycles. The smallest absolute Gasteiger partial charge is 0.251 e. The summed E-state index contributed by atoms with van der Waals surface area (Å²) in [6.07, 6.45) is 3.40. The van der Waals surface area contributed by atoms with E-state index in [1.54, 1.807) is 38.4 Å². The number of carbonyl (C=O) groups excluding carboxylic acids is 1. The molecule has 1 unspecified atom stereocenters. The topological polar surface area (TPSA) is 93.2 Å². The number of hydrogen-bond acceptors (Lipinski definition) is 5. The highest BCUT2D eigenvalue weighted by atomic mass is 16.5. The first-order valence-electron chi connectivity index (χ1n) is 9.79. The standard InChI is InChI=1S/C20H32N4O4/c1-21-20(23-10-4-13-27-15-18-5-3-14-28-18)24-12-11-22-19(25)16-6-8-17(26-2)9-7-16/h6-9,18H,3-5,10-15H2,1-2H3,(H,22,25)(H2,21,23,24). The van der Waals surface area contributed by atoms with E-state index in [0.717, 1.165) is 38.2 Å². The lowest BCUT2D eigenvalue weighted by molar-refractivity contribution is 0.0168. The van der Waals surface area contributed by atoms with Gasteiger partial charge in [-0.2, -0.15) is 0 Å². The largest absolute Gasteiger partial charge is 0.497 e. The number of ether oxygens (including phenoxy) is 3. The van der Waals surface area contributed by atoms with E-state index in [-0.39, 0.29) is 12.0 Å². The van der Waals surface area contributed by atoms with Crippen LogP contribution in [0, 0.1) is 0 Å². The number of carbonyl (C=O) groups is 1. The van der Waals surface area contributed by atoms with Crippen LogP contribution < -0.4 is 20.7 Å². The molecule has 8 heteroatoms. The highest BCUT2D eigenvalue weighted by molar-refractivity contribution is 5.94. The second kappa shape index (κ2) is 13.0. The summed E-state index contributed by atoms with van der Waals surface area (Å²) in [5.74, 6) is 1.32. The molecular formula is C20H32N4O4. The molecule has 0 spiro atoms. The molecule has 2 rings (SSSR count). The minimum absolute atomic E-state index is 0.115. The van der Waals surface area contributed by atoms with E-state index in [2.05, 4.69) is 20.9 Å². The molecule has 0 radical (unpaired) electrons. The Bertz CT molecular complexity index is 601. The number of nitrogens with zero attached hydrogens (tertiary/aromatic N) is 1. The fraction of sp³-hybridized carbons (Fsp3) is 0.600. The molecule has 1 heterocycles. The highest BCUT2D eigenvalue weighted by Gasteiger charge is 2.14. The second-order valence-corrected chi connectivity index (χ2v) is 6.47. The lowest BCUT2D eigenvalue weighted by Gasteiger charge is -2.13. The molecule has 0 bridgehead atoms. The summed E-state index contributed by atoms with van der Waals surface area (Å²) in [5.41, 5.74) is 0.603. The molecule has 1 aliphatic heterocycles. The number of rotatable bonds is 11. The van der Waals surface area contributed by atoms with Crippen LogP contribution in [0.1, 0.15) is 29.6 Å². The monoisotopic (exact) mass is 392 g/mol. The van der Waals surface area contributed by atoms with Gasteiger partial charge in [0.2, 0.25) is 0 Å². The quantitative estimate of drug-likeness (QED) is 0.297. The minimum Gasteiger partial charge on any atom is -0.497 e. The van der Waals surface area contributed by atoms with Crippen molar-refractivity contribution < 1.29 is 19.0 Å². The Morgan fingerprint density at radius 2 is 1.93 bits per heavy atom. The highest BCUT2D eigenvalue weighted by Crippen LogP contribution is 2.12. The predicted octanol–water partition coefficient (Wildman–Crippen LogP) is 1.18. The third-order valence-corrected chi connectivity index (χ3v) is 4.36. The van der Waals surface area contributed by atoms with Gasteiger partial charge in [0.1, 0.15) is 5.75 Å². The zero-order chi connectivity index (χ0) is 20.0. The van der Waals surface area contributed by atoms with Gasteiger partial charge in [-0.15, -0.1) is 0 Å². The number of hydrogen-bond donors (Lipinski definition) is 3. The molecule has 1 aliphatic rings. The van der Waals surface area contributed by atoms with Gasteiger partial charge in [-0.25, -0.2) is 0 Å². The van der Waals surface area contributed by atoms with E-state index in [0.29, 0.717) is 37.8 Å². The first-order valence-corrected chi connectivity index (χ1v) is 9.79. The first kappa shape index (κ1) is 22.0. The van der Waals surface area contributed by atoms with Crippen molar-refractivity contribution in [1.29, 1.82) is 0 Å². The van der Waals surface area contributed by atoms with Crippen LogP contribution in [0.2, 0.25) is 0 Å². The third-order valence-electron chi connectivity index (χ3n) is 4.36. The van der Waals surface area contributed by atoms with E-state index in [1.807, 2.05) is 0 Å². The summed E-state index contributed by atoms with van der Waals surface area (Å²) in [7, 11) is 3.32. The third kappa shape index (κ3) is 8.14. The molecular weight excluding hydrogens is 360 g/mol. The number of aliphatic imine (C=N–C) groups is 1. The molecule has 28 heavy (non-hydrogen) atoms. The van der Waals surface area contributed by atoms with Crippen LogP contribution in [-0.4, -0.2) is 71.6 Å². The Labute approximate surface area is 167 Å². The summed E-state index contributed by atoms with van der Waals surface area (Å²) < 4.78 is 16.2. The molecule has 1 fully saturated rings. The molecule has 0 aliphatic carbocycles. The van der Waals surface area contributed by atoms with E-state index in [4.69, 9.17) is 14.2 Å². The Hall–Kier alpha value is -2.32. The first-order chi connectivity index (χ1) is 13.7. The lowest BCUT2D eigenvalue weighted by atomic mass is 10.2. The maximum Gasteiger partial charge on any atom is 0.251 e. The van der Waals surface area contributed by atoms with Crippen LogP contribution in [0.3, 0.4) is 0 Å². The Kier molecular flexibility index (Phi) is 10.2. The van der Waals surface area contributed by atoms with Crippen LogP contribution in [0.4, 0.5) is 0 Å². The maximum absolute atomic E-state index is 12.1. The zero-order valence-corrected chi connectivity index (χ0v) is 16.8. The van der Waals surface area contributed by atoms with E-state index in [1.165, 1.54) is 0 Å². The van der Waals surface area contributed by atoms with E-state index in [9.17, 15) is 4.79 Å². The van der Waals surface area contributed by atoms with Gasteiger partial charge in [-0.05, 0) is 43.5 Å². The van der Waals surface area contributed by atoms with Gasteiger partial charge in [0.15, 0.2) is 5.96 Å². The number of benzene rings is 1. The van der Waals surface area contributed by atoms with Crippen LogP contribution >= 0.6 is 0 Å². The average Bonchev–Trinajstić information content (AvgIpc) is 3.25. The summed E-state index contributed by atoms with van der Waals surface area (Å²) in [5, 5.41) is 9.27. The molecule has 1 amide bonds. The lowest BCUT2D eigenvalue weighted by Crippen LogP contribution is -2.42. The van der Waals surface area contributed by atoms with Gasteiger partial charge in [-0.3, -0.25) is 9.79 Å². The SMILES string of the molecule is CN=C(NCCCOCC1CCCO1)NCCNC(=O)c1ccc(OC)cc1. The Morgan fingerprint density at radius 1 is 1.18 bits per heavy atom. The summed E-state index contributed by atoms with van der Waals surface area (Å²) in [4.78, 5) is 16.2. The Balaban J connectivity index is 1.50. The zero-order valence-electron chi connectivity index (χ0n) is 16.8. The van der Waals surface area contributed by atoms with Crippen molar-refractivity contribution in [2.24, 2.45) is 4.99 Å². The molecule has 8 nitrogen and oxygen atoms in total. The minimum atomic E-state index is -0.115. The van der Waals surface area contributed by atoms with Gasteiger partial charge in [-0.1, -0.05) is 0 Å². The molecule has 1 aromatic rings. The van der Waals surface area contributed by atoms with Crippen molar-refractivity contribution in [3.8, 4) is 5.75 Å². The molecule has 1 atom stereocenters. The molecule has 0 aromatic heterocycles. The fourth-order valence-corrected chi connectivity index (χ4v) is 2.79. The van der Waals surface area contributed by atoms with Gasteiger partial charge in [0, 0.05) is 45.5 Å². The van der Waals surface area contributed by atoms with Gasteiger partial charge in [0.05, 0.1) is 19.8 Å². The van der Waals surface area contributed by atoms with E-state index >= 15 is 0 Å². The summed E-state index contributed by atoms with van der Waals surface area (Å²) >= 11 is 0. The van der Waals surface area contributed by atoms with Crippen molar-refractivity contribution in [1.82, 2.24) is 16.0 Å². The average molecular weight is 393 g/mol. The second-order valence-electron chi connectivity index (χ2n) is 6.47. The van der Waals surface area contributed by atoms with E-state index < -0.39 is 0 Å². The summed E-state index contributed by atoms with van der Waals surface area (Å²) in [6, 6.07) is 7.01. The number of nitrogens with one attached hydrogen (secondary N) is 3. The van der Waals surface area contributed by atoms with Crippen LogP contribution in [0.5, 0.6) is 5.75 Å². The molecule has 0 saturated carbocycles. The van der Waals surface area contributed by atoms with Gasteiger partial charge >= 0.3 is 0 Å². The molecule has 1 saturated heterocycles. The van der Waals surface area contributed by atoms with Crippen molar-refractivity contribution in [2.45, 2.75) is 25.4 Å². The Morgan fingerprint density at radius 3 is 2.61 bits per heavy atom. The molecule has 156 valence electrons. The van der Waals surface area contributed by atoms with Gasteiger partial charge < -0.3 is 30.2 Å². The van der Waals surface area contributed by atoms with Crippen molar-refractivity contribution in [2.75, 3.05) is 53.6 Å². The summed E-state index contributed by atoms with van der Waals surface area (Å²) in [6.45, 7) is 4.08. The number of guanidine groups is 1. The molecule has 3 N–H and O–H groups in total. The normalized spacial score (nSPS) is 16.6. The number of amides is 1. The van der Waals surface area contributed by atoms with Crippen molar-refractivity contribution in [3.05, 3.63) is 29.8 Å². The fourth-order valence-electron chi connectivity index (χ4n) is 2.79. The van der Waals surface area contributed by atoms with Gasteiger partial charge in [0.25, 0.3) is 5.91 Å². The van der Waals surface area contributed by atoms with Crippen molar-refractivity contribution >= 4 is 11.9 Å². The van der Waals surface area contributed by atoms with Crippen molar-refractivity contribution in [3.63, 3.8) is 0 Å². The van der Waals surface area contributed by atoms with Crippen LogP contribution in [-0.2, 0) is 9.47 Å². The van der Waals surface area contributed by atoms with Crippen LogP contribution in [0.25, 0.3) is 0 Å². The van der Waals surface area contributed by atoms with Crippen LogP contribution in [0.15, 0.2) is 29.3 Å². The number of methoxy groups -OCH3 is 1.